The lowest BCUT2D eigenvalue weighted by Gasteiger charge is -1.96. The summed E-state index contributed by atoms with van der Waals surface area (Å²) in [5.74, 6) is -0.920. The summed E-state index contributed by atoms with van der Waals surface area (Å²) in [6.07, 6.45) is 1.12. The Morgan fingerprint density at radius 3 is 2.83 bits per heavy atom. The molecular weight excluding hydrogens is 200 g/mol. The average molecular weight is 203 g/mol. The Labute approximate surface area is 78.2 Å². The fourth-order valence-corrected chi connectivity index (χ4v) is 0.904. The predicted molar refractivity (Wildman–Crippen MR) is 46.8 cm³/mol. The van der Waals surface area contributed by atoms with Gasteiger partial charge in [0.1, 0.15) is 10.7 Å². The van der Waals surface area contributed by atoms with Crippen LogP contribution >= 0.6 is 23.8 Å². The molecule has 62 valence electrons. The van der Waals surface area contributed by atoms with E-state index in [0.717, 1.165) is 6.20 Å². The molecule has 0 aliphatic carbocycles. The number of aromatic carboxylic acids is 1. The quantitative estimate of drug-likeness (QED) is 0.576. The lowest BCUT2D eigenvalue weighted by atomic mass is 10.3. The molecule has 0 saturated heterocycles. The molecule has 4 nitrogen and oxygen atoms in total. The van der Waals surface area contributed by atoms with Crippen LogP contribution in [-0.2, 0) is 0 Å². The highest BCUT2D eigenvalue weighted by Crippen LogP contribution is 2.10. The minimum atomic E-state index is -1.16. The topological polar surface area (TPSA) is 63.1 Å². The molecule has 0 bridgehead atoms. The minimum absolute atomic E-state index is 0.103. The Morgan fingerprint density at radius 1 is 1.75 bits per heavy atom. The third-order valence-electron chi connectivity index (χ3n) is 1.10. The van der Waals surface area contributed by atoms with Crippen LogP contribution in [0, 0.1) is 0 Å². The van der Waals surface area contributed by atoms with Crippen LogP contribution in [0.2, 0.25) is 5.15 Å². The average Bonchev–Trinajstić information content (AvgIpc) is 2.03. The van der Waals surface area contributed by atoms with Gasteiger partial charge in [0.2, 0.25) is 0 Å². The molecule has 1 rings (SSSR count). The van der Waals surface area contributed by atoms with Crippen LogP contribution in [0.1, 0.15) is 16.2 Å². The summed E-state index contributed by atoms with van der Waals surface area (Å²) in [5, 5.41) is 9.65. The molecule has 0 aliphatic rings. The number of thiocarbonyl (C=S) groups is 1. The molecule has 6 heteroatoms. The highest BCUT2D eigenvalue weighted by atomic mass is 35.5. The Hall–Kier alpha value is -1.07. The van der Waals surface area contributed by atoms with Crippen molar-refractivity contribution in [1.82, 2.24) is 9.97 Å². The second kappa shape index (κ2) is 3.55. The van der Waals surface area contributed by atoms with Gasteiger partial charge in [0.25, 0.3) is 0 Å². The summed E-state index contributed by atoms with van der Waals surface area (Å²) in [6.45, 7) is 0. The molecule has 1 heterocycles. The van der Waals surface area contributed by atoms with E-state index >= 15 is 0 Å². The zero-order valence-electron chi connectivity index (χ0n) is 5.69. The standard InChI is InChI=1S/C6H3ClN2O2S/c7-5-3(6(10)11)1-8-4(2-12)9-5/h1-2H,(H,10,11). The van der Waals surface area contributed by atoms with Crippen molar-refractivity contribution < 1.29 is 9.90 Å². The normalized spacial score (nSPS) is 9.42. The highest BCUT2D eigenvalue weighted by Gasteiger charge is 2.10. The minimum Gasteiger partial charge on any atom is -0.478 e. The van der Waals surface area contributed by atoms with Gasteiger partial charge in [-0.3, -0.25) is 0 Å². The molecule has 0 aromatic carbocycles. The number of nitrogens with zero attached hydrogens (tertiary/aromatic N) is 2. The molecule has 1 aromatic heterocycles. The molecule has 0 aliphatic heterocycles. The first-order valence-electron chi connectivity index (χ1n) is 2.86. The number of aromatic nitrogens is 2. The van der Waals surface area contributed by atoms with Crippen molar-refractivity contribution in [3.8, 4) is 0 Å². The largest absolute Gasteiger partial charge is 0.478 e. The number of rotatable bonds is 2. The van der Waals surface area contributed by atoms with E-state index < -0.39 is 5.97 Å². The Kier molecular flexibility index (Phi) is 2.67. The number of carbonyl (C=O) groups is 1. The smallest absolute Gasteiger partial charge is 0.340 e. The van der Waals surface area contributed by atoms with Crippen molar-refractivity contribution in [2.45, 2.75) is 0 Å². The first-order chi connectivity index (χ1) is 5.65. The third-order valence-corrected chi connectivity index (χ3v) is 1.60. The van der Waals surface area contributed by atoms with E-state index in [9.17, 15) is 4.79 Å². The third kappa shape index (κ3) is 1.75. The van der Waals surface area contributed by atoms with E-state index in [1.807, 2.05) is 0 Å². The molecular formula is C6H3ClN2O2S. The molecule has 1 N–H and O–H groups in total. The maximum absolute atomic E-state index is 10.4. The number of hydrogen-bond acceptors (Lipinski definition) is 4. The molecule has 0 fully saturated rings. The second-order valence-corrected chi connectivity index (χ2v) is 2.45. The van der Waals surface area contributed by atoms with Crippen LogP contribution in [0.3, 0.4) is 0 Å². The van der Waals surface area contributed by atoms with Crippen LogP contribution in [-0.4, -0.2) is 26.4 Å². The highest BCUT2D eigenvalue weighted by molar-refractivity contribution is 7.79. The predicted octanol–water partition coefficient (Wildman–Crippen LogP) is 1.18. The molecule has 0 unspecified atom stereocenters. The maximum atomic E-state index is 10.4. The van der Waals surface area contributed by atoms with E-state index in [-0.39, 0.29) is 16.5 Å². The van der Waals surface area contributed by atoms with Gasteiger partial charge in [0.15, 0.2) is 5.82 Å². The van der Waals surface area contributed by atoms with E-state index in [0.29, 0.717) is 0 Å². The van der Waals surface area contributed by atoms with Gasteiger partial charge in [0.05, 0.1) is 0 Å². The van der Waals surface area contributed by atoms with Crippen molar-refractivity contribution >= 4 is 35.2 Å². The van der Waals surface area contributed by atoms with E-state index in [1.54, 1.807) is 0 Å². The first-order valence-corrected chi connectivity index (χ1v) is 3.71. The first kappa shape index (κ1) is 9.02. The van der Waals surface area contributed by atoms with Gasteiger partial charge in [-0.1, -0.05) is 23.8 Å². The van der Waals surface area contributed by atoms with Crippen molar-refractivity contribution in [3.63, 3.8) is 0 Å². The summed E-state index contributed by atoms with van der Waals surface area (Å²) in [6, 6.07) is 0. The van der Waals surface area contributed by atoms with Crippen LogP contribution in [0.5, 0.6) is 0 Å². The molecule has 0 atom stereocenters. The number of carboxylic acids is 1. The summed E-state index contributed by atoms with van der Waals surface area (Å²) in [4.78, 5) is 17.7. The van der Waals surface area contributed by atoms with E-state index in [4.69, 9.17) is 16.7 Å². The molecule has 0 saturated carbocycles. The van der Waals surface area contributed by atoms with E-state index in [2.05, 4.69) is 22.2 Å². The van der Waals surface area contributed by atoms with Gasteiger partial charge in [0, 0.05) is 11.6 Å². The monoisotopic (exact) mass is 202 g/mol. The zero-order valence-corrected chi connectivity index (χ0v) is 7.26. The van der Waals surface area contributed by atoms with Gasteiger partial charge < -0.3 is 5.11 Å². The summed E-state index contributed by atoms with van der Waals surface area (Å²) in [5.41, 5.74) is -0.128. The van der Waals surface area contributed by atoms with Crippen molar-refractivity contribution in [2.24, 2.45) is 0 Å². The summed E-state index contributed by atoms with van der Waals surface area (Å²) < 4.78 is 0. The van der Waals surface area contributed by atoms with Gasteiger partial charge in [-0.25, -0.2) is 14.8 Å². The molecule has 0 radical (unpaired) electrons. The van der Waals surface area contributed by atoms with Gasteiger partial charge >= 0.3 is 5.97 Å². The lowest BCUT2D eigenvalue weighted by Crippen LogP contribution is -2.02. The number of halogens is 1. The van der Waals surface area contributed by atoms with E-state index in [1.165, 1.54) is 5.37 Å². The SMILES string of the molecule is O=C(O)c1cnc(C=S)nc1Cl. The van der Waals surface area contributed by atoms with Crippen LogP contribution in [0.4, 0.5) is 0 Å². The van der Waals surface area contributed by atoms with Gasteiger partial charge in [-0.15, -0.1) is 0 Å². The Bertz CT molecular complexity index is 342. The van der Waals surface area contributed by atoms with Crippen molar-refractivity contribution in [3.05, 3.63) is 22.7 Å². The molecule has 12 heavy (non-hydrogen) atoms. The number of hydrogen-bond donors (Lipinski definition) is 1. The van der Waals surface area contributed by atoms with Crippen molar-refractivity contribution in [1.29, 1.82) is 0 Å². The fourth-order valence-electron chi connectivity index (χ4n) is 0.574. The molecule has 0 spiro atoms. The Morgan fingerprint density at radius 2 is 2.42 bits per heavy atom. The summed E-state index contributed by atoms with van der Waals surface area (Å²) >= 11 is 10.0. The Balaban J connectivity index is 3.20. The molecule has 1 aromatic rings. The van der Waals surface area contributed by atoms with Crippen LogP contribution in [0.15, 0.2) is 6.20 Å². The van der Waals surface area contributed by atoms with Crippen LogP contribution < -0.4 is 0 Å². The van der Waals surface area contributed by atoms with Gasteiger partial charge in [-0.2, -0.15) is 0 Å². The zero-order chi connectivity index (χ0) is 9.14. The maximum Gasteiger partial charge on any atom is 0.340 e. The summed E-state index contributed by atoms with van der Waals surface area (Å²) in [7, 11) is 0. The van der Waals surface area contributed by atoms with Gasteiger partial charge in [-0.05, 0) is 0 Å². The fraction of sp³-hybridized carbons (Fsp3) is 0. The lowest BCUT2D eigenvalue weighted by molar-refractivity contribution is 0.0696. The second-order valence-electron chi connectivity index (χ2n) is 1.86. The number of carboxylic acid groups (broad SMARTS) is 1. The van der Waals surface area contributed by atoms with Crippen LogP contribution in [0.25, 0.3) is 0 Å². The van der Waals surface area contributed by atoms with Crippen molar-refractivity contribution in [2.75, 3.05) is 0 Å². The molecule has 0 amide bonds.